The van der Waals surface area contributed by atoms with Crippen molar-refractivity contribution in [3.63, 3.8) is 0 Å². The maximum atomic E-state index is 10.1. The number of ketones is 1. The Balaban J connectivity index is 3.68. The van der Waals surface area contributed by atoms with E-state index in [2.05, 4.69) is 0 Å². The summed E-state index contributed by atoms with van der Waals surface area (Å²) in [4.78, 5) is 10.1. The molecule has 2 N–H and O–H groups in total. The molecule has 2 nitrogen and oxygen atoms in total. The molecule has 0 atom stereocenters. The third-order valence-corrected chi connectivity index (χ3v) is 0.431. The van der Waals surface area contributed by atoms with Crippen LogP contribution in [0.4, 0.5) is 0 Å². The Labute approximate surface area is 43.0 Å². The molecule has 0 aromatic rings. The maximum absolute atomic E-state index is 10.1. The molecule has 0 heterocycles. The number of nitrogens with two attached hydrogens (primary N) is 1. The second-order valence-corrected chi connectivity index (χ2v) is 1.50. The minimum Gasteiger partial charge on any atom is -0.402 e. The first-order chi connectivity index (χ1) is 3.13. The van der Waals surface area contributed by atoms with Crippen LogP contribution in [-0.4, -0.2) is 5.78 Å². The summed E-state index contributed by atoms with van der Waals surface area (Å²) in [7, 11) is 0. The van der Waals surface area contributed by atoms with E-state index in [4.69, 9.17) is 5.73 Å². The summed E-state index contributed by atoms with van der Waals surface area (Å²) in [6.07, 6.45) is 1.39. The zero-order chi connectivity index (χ0) is 5.86. The maximum Gasteiger partial charge on any atom is 0.154 e. The van der Waals surface area contributed by atoms with Crippen molar-refractivity contribution in [3.8, 4) is 0 Å². The first-order valence-electron chi connectivity index (χ1n) is 2.07. The van der Waals surface area contributed by atoms with Gasteiger partial charge in [0.1, 0.15) is 0 Å². The van der Waals surface area contributed by atoms with E-state index < -0.39 is 0 Å². The van der Waals surface area contributed by atoms with E-state index in [-0.39, 0.29) is 5.78 Å². The summed E-state index contributed by atoms with van der Waals surface area (Å²) < 4.78 is 0. The second kappa shape index (κ2) is 2.39. The molecule has 2 heteroatoms. The van der Waals surface area contributed by atoms with Gasteiger partial charge in [-0.2, -0.15) is 0 Å². The SMILES string of the molecule is CC(=O)/C=C(\C)N. The Morgan fingerprint density at radius 2 is 2.00 bits per heavy atom. The highest BCUT2D eigenvalue weighted by atomic mass is 16.1. The molecule has 0 unspecified atom stereocenters. The van der Waals surface area contributed by atoms with Crippen LogP contribution >= 0.6 is 0 Å². The Bertz CT molecular complexity index is 101. The molecule has 0 bridgehead atoms. The Morgan fingerprint density at radius 1 is 1.57 bits per heavy atom. The van der Waals surface area contributed by atoms with Gasteiger partial charge in [0.15, 0.2) is 5.78 Å². The van der Waals surface area contributed by atoms with Gasteiger partial charge in [0.05, 0.1) is 0 Å². The van der Waals surface area contributed by atoms with Crippen LogP contribution in [0.2, 0.25) is 0 Å². The molecule has 0 fully saturated rings. The summed E-state index contributed by atoms with van der Waals surface area (Å²) in [5, 5.41) is 0. The number of hydrogen-bond donors (Lipinski definition) is 1. The van der Waals surface area contributed by atoms with Gasteiger partial charge >= 0.3 is 0 Å². The molecule has 0 radical (unpaired) electrons. The van der Waals surface area contributed by atoms with Crippen LogP contribution in [0.5, 0.6) is 0 Å². The molecular formula is C5H9NO. The van der Waals surface area contributed by atoms with Crippen molar-refractivity contribution in [2.75, 3.05) is 0 Å². The highest BCUT2D eigenvalue weighted by Crippen LogP contribution is 1.78. The summed E-state index contributed by atoms with van der Waals surface area (Å²) in [6.45, 7) is 3.15. The topological polar surface area (TPSA) is 43.1 Å². The minimum absolute atomic E-state index is 0.000000000000000444. The molecule has 0 aliphatic carbocycles. The van der Waals surface area contributed by atoms with E-state index in [9.17, 15) is 4.79 Å². The van der Waals surface area contributed by atoms with Crippen molar-refractivity contribution in [2.24, 2.45) is 5.73 Å². The quantitative estimate of drug-likeness (QED) is 0.484. The van der Waals surface area contributed by atoms with Gasteiger partial charge < -0.3 is 5.73 Å². The van der Waals surface area contributed by atoms with Crippen LogP contribution in [0.15, 0.2) is 11.8 Å². The lowest BCUT2D eigenvalue weighted by molar-refractivity contribution is -0.112. The van der Waals surface area contributed by atoms with Crippen LogP contribution in [0.1, 0.15) is 13.8 Å². The third-order valence-electron chi connectivity index (χ3n) is 0.431. The predicted octanol–water partition coefficient (Wildman–Crippen LogP) is 0.438. The molecule has 0 aliphatic rings. The monoisotopic (exact) mass is 99.1 g/mol. The predicted molar refractivity (Wildman–Crippen MR) is 28.6 cm³/mol. The molecule has 7 heavy (non-hydrogen) atoms. The van der Waals surface area contributed by atoms with Crippen molar-refractivity contribution in [1.82, 2.24) is 0 Å². The number of carbonyl (C=O) groups is 1. The van der Waals surface area contributed by atoms with Crippen LogP contribution in [0.3, 0.4) is 0 Å². The van der Waals surface area contributed by atoms with Crippen LogP contribution in [-0.2, 0) is 4.79 Å². The van der Waals surface area contributed by atoms with Crippen molar-refractivity contribution in [2.45, 2.75) is 13.8 Å². The molecule has 0 aromatic carbocycles. The largest absolute Gasteiger partial charge is 0.402 e. The second-order valence-electron chi connectivity index (χ2n) is 1.50. The highest BCUT2D eigenvalue weighted by Gasteiger charge is 1.80. The normalized spacial score (nSPS) is 11.4. The number of allylic oxidation sites excluding steroid dienone is 2. The Morgan fingerprint density at radius 3 is 2.00 bits per heavy atom. The van der Waals surface area contributed by atoms with E-state index in [1.54, 1.807) is 6.92 Å². The molecular weight excluding hydrogens is 90.1 g/mol. The lowest BCUT2D eigenvalue weighted by atomic mass is 10.3. The minimum atomic E-state index is 0.000000000000000444. The van der Waals surface area contributed by atoms with Crippen molar-refractivity contribution >= 4 is 5.78 Å². The fourth-order valence-corrected chi connectivity index (χ4v) is 0.321. The van der Waals surface area contributed by atoms with Gasteiger partial charge in [-0.1, -0.05) is 0 Å². The molecule has 0 saturated heterocycles. The smallest absolute Gasteiger partial charge is 0.154 e. The first-order valence-corrected chi connectivity index (χ1v) is 2.07. The van der Waals surface area contributed by atoms with Crippen LogP contribution in [0.25, 0.3) is 0 Å². The number of carbonyl (C=O) groups excluding carboxylic acids is 1. The van der Waals surface area contributed by atoms with Crippen molar-refractivity contribution in [3.05, 3.63) is 11.8 Å². The van der Waals surface area contributed by atoms with Gasteiger partial charge in [-0.15, -0.1) is 0 Å². The molecule has 0 aromatic heterocycles. The Kier molecular flexibility index (Phi) is 2.12. The summed E-state index contributed by atoms with van der Waals surface area (Å²) >= 11 is 0. The molecule has 0 spiro atoms. The lowest BCUT2D eigenvalue weighted by Gasteiger charge is -1.81. The fourth-order valence-electron chi connectivity index (χ4n) is 0.321. The molecule has 0 aliphatic heterocycles. The standard InChI is InChI=1S/C5H9NO/c1-4(6)3-5(2)7/h3H,6H2,1-2H3/b4-3+. The van der Waals surface area contributed by atoms with Crippen LogP contribution in [0, 0.1) is 0 Å². The summed E-state index contributed by atoms with van der Waals surface area (Å²) in [5.41, 5.74) is 5.70. The van der Waals surface area contributed by atoms with Crippen molar-refractivity contribution in [1.29, 1.82) is 0 Å². The zero-order valence-corrected chi connectivity index (χ0v) is 4.56. The summed E-state index contributed by atoms with van der Waals surface area (Å²) in [5.74, 6) is 0.000000000000000444. The van der Waals surface area contributed by atoms with Gasteiger partial charge in [0.2, 0.25) is 0 Å². The zero-order valence-electron chi connectivity index (χ0n) is 4.56. The van der Waals surface area contributed by atoms with Gasteiger partial charge in [0, 0.05) is 5.70 Å². The van der Waals surface area contributed by atoms with E-state index in [0.717, 1.165) is 0 Å². The van der Waals surface area contributed by atoms with Gasteiger partial charge in [0.25, 0.3) is 0 Å². The average molecular weight is 99.1 g/mol. The first kappa shape index (κ1) is 6.21. The van der Waals surface area contributed by atoms with E-state index in [0.29, 0.717) is 5.70 Å². The van der Waals surface area contributed by atoms with Crippen LogP contribution < -0.4 is 5.73 Å². The molecule has 0 amide bonds. The molecule has 40 valence electrons. The van der Waals surface area contributed by atoms with E-state index in [1.165, 1.54) is 13.0 Å². The van der Waals surface area contributed by atoms with Gasteiger partial charge in [-0.05, 0) is 19.9 Å². The highest BCUT2D eigenvalue weighted by molar-refractivity contribution is 5.87. The third kappa shape index (κ3) is 5.21. The number of hydrogen-bond acceptors (Lipinski definition) is 2. The van der Waals surface area contributed by atoms with E-state index >= 15 is 0 Å². The number of rotatable bonds is 1. The van der Waals surface area contributed by atoms with Crippen molar-refractivity contribution < 1.29 is 4.79 Å². The van der Waals surface area contributed by atoms with Gasteiger partial charge in [-0.25, -0.2) is 0 Å². The average Bonchev–Trinajstić information content (AvgIpc) is 1.27. The summed E-state index contributed by atoms with van der Waals surface area (Å²) in [6, 6.07) is 0. The fraction of sp³-hybridized carbons (Fsp3) is 0.400. The Hall–Kier alpha value is -0.790. The molecule has 0 rings (SSSR count). The van der Waals surface area contributed by atoms with Gasteiger partial charge in [-0.3, -0.25) is 4.79 Å². The van der Waals surface area contributed by atoms with E-state index in [1.807, 2.05) is 0 Å². The lowest BCUT2D eigenvalue weighted by Crippen LogP contribution is -1.93. The molecule has 0 saturated carbocycles.